The lowest BCUT2D eigenvalue weighted by Crippen LogP contribution is -2.36. The quantitative estimate of drug-likeness (QED) is 0.872. The lowest BCUT2D eigenvalue weighted by Gasteiger charge is -2.20. The smallest absolute Gasteiger partial charge is 0.244 e. The molecular formula is C18H16BrN3O2. The molecule has 0 aromatic heterocycles. The lowest BCUT2D eigenvalue weighted by molar-refractivity contribution is -0.120. The van der Waals surface area contributed by atoms with Gasteiger partial charge in [0, 0.05) is 22.8 Å². The molecule has 0 aliphatic heterocycles. The van der Waals surface area contributed by atoms with Gasteiger partial charge in [-0.15, -0.1) is 0 Å². The molecule has 0 bridgehead atoms. The largest absolute Gasteiger partial charge is 0.324 e. The zero-order valence-electron chi connectivity index (χ0n) is 13.3. The molecule has 0 heterocycles. The van der Waals surface area contributed by atoms with Crippen LogP contribution in [0.15, 0.2) is 46.9 Å². The number of hydrogen-bond acceptors (Lipinski definition) is 3. The van der Waals surface area contributed by atoms with Gasteiger partial charge in [0.25, 0.3) is 0 Å². The van der Waals surface area contributed by atoms with Crippen molar-refractivity contribution in [3.8, 4) is 6.07 Å². The van der Waals surface area contributed by atoms with E-state index in [1.807, 2.05) is 25.1 Å². The van der Waals surface area contributed by atoms with Gasteiger partial charge < -0.3 is 10.2 Å². The minimum atomic E-state index is -0.301. The molecule has 0 atom stereocenters. The predicted octanol–water partition coefficient (Wildman–Crippen LogP) is 3.62. The summed E-state index contributed by atoms with van der Waals surface area (Å²) in [7, 11) is 0. The number of anilines is 2. The summed E-state index contributed by atoms with van der Waals surface area (Å²) in [4.78, 5) is 25.5. The van der Waals surface area contributed by atoms with Crippen LogP contribution in [0.4, 0.5) is 11.4 Å². The molecule has 6 heteroatoms. The number of aryl methyl sites for hydroxylation is 1. The van der Waals surface area contributed by atoms with E-state index < -0.39 is 0 Å². The number of carbonyl (C=O) groups excluding carboxylic acids is 2. The van der Waals surface area contributed by atoms with Gasteiger partial charge in [-0.05, 0) is 48.9 Å². The van der Waals surface area contributed by atoms with Crippen LogP contribution in [0.2, 0.25) is 0 Å². The van der Waals surface area contributed by atoms with Crippen molar-refractivity contribution in [1.82, 2.24) is 0 Å². The van der Waals surface area contributed by atoms with E-state index in [9.17, 15) is 9.59 Å². The summed E-state index contributed by atoms with van der Waals surface area (Å²) in [5.41, 5.74) is 2.79. The fraction of sp³-hybridized carbons (Fsp3) is 0.167. The number of hydrogen-bond donors (Lipinski definition) is 1. The third-order valence-electron chi connectivity index (χ3n) is 3.45. The highest BCUT2D eigenvalue weighted by molar-refractivity contribution is 9.10. The second-order valence-electron chi connectivity index (χ2n) is 5.28. The molecule has 122 valence electrons. The molecule has 2 aromatic carbocycles. The Hall–Kier alpha value is -2.65. The van der Waals surface area contributed by atoms with E-state index in [2.05, 4.69) is 21.2 Å². The Morgan fingerprint density at radius 3 is 2.42 bits per heavy atom. The minimum Gasteiger partial charge on any atom is -0.324 e. The summed E-state index contributed by atoms with van der Waals surface area (Å²) >= 11 is 3.42. The molecule has 5 nitrogen and oxygen atoms in total. The van der Waals surface area contributed by atoms with E-state index >= 15 is 0 Å². The van der Waals surface area contributed by atoms with Crippen LogP contribution in [0.25, 0.3) is 0 Å². The molecule has 2 aromatic rings. The Morgan fingerprint density at radius 1 is 1.21 bits per heavy atom. The highest BCUT2D eigenvalue weighted by Crippen LogP contribution is 2.21. The Balaban J connectivity index is 2.12. The molecule has 2 amide bonds. The predicted molar refractivity (Wildman–Crippen MR) is 96.7 cm³/mol. The maximum Gasteiger partial charge on any atom is 0.244 e. The fourth-order valence-electron chi connectivity index (χ4n) is 2.12. The fourth-order valence-corrected chi connectivity index (χ4v) is 2.49. The number of rotatable bonds is 4. The zero-order chi connectivity index (χ0) is 17.7. The minimum absolute atomic E-state index is 0.104. The normalized spacial score (nSPS) is 9.92. The molecule has 0 aliphatic rings. The average Bonchev–Trinajstić information content (AvgIpc) is 2.56. The topological polar surface area (TPSA) is 73.2 Å². The second kappa shape index (κ2) is 7.75. The van der Waals surface area contributed by atoms with Crippen molar-refractivity contribution in [2.24, 2.45) is 0 Å². The number of halogens is 1. The van der Waals surface area contributed by atoms with Crippen molar-refractivity contribution in [1.29, 1.82) is 5.26 Å². The molecule has 1 N–H and O–H groups in total. The van der Waals surface area contributed by atoms with Crippen molar-refractivity contribution < 1.29 is 9.59 Å². The molecule has 0 spiro atoms. The SMILES string of the molecule is CC(=O)N(CC(=O)Nc1ccc(C)c(Br)c1)c1ccc(C#N)cc1. The van der Waals surface area contributed by atoms with E-state index in [1.165, 1.54) is 11.8 Å². The zero-order valence-corrected chi connectivity index (χ0v) is 14.9. The second-order valence-corrected chi connectivity index (χ2v) is 6.13. The van der Waals surface area contributed by atoms with Crippen molar-refractivity contribution in [2.45, 2.75) is 13.8 Å². The van der Waals surface area contributed by atoms with Crippen LogP contribution < -0.4 is 10.2 Å². The van der Waals surface area contributed by atoms with Crippen molar-refractivity contribution in [3.05, 3.63) is 58.1 Å². The number of nitrogens with one attached hydrogen (secondary N) is 1. The lowest BCUT2D eigenvalue weighted by atomic mass is 10.2. The van der Waals surface area contributed by atoms with Gasteiger partial charge in [-0.2, -0.15) is 5.26 Å². The van der Waals surface area contributed by atoms with Crippen LogP contribution in [0.3, 0.4) is 0 Å². The molecule has 0 fully saturated rings. The van der Waals surface area contributed by atoms with Crippen LogP contribution in [-0.4, -0.2) is 18.4 Å². The van der Waals surface area contributed by atoms with Crippen molar-refractivity contribution in [3.63, 3.8) is 0 Å². The monoisotopic (exact) mass is 385 g/mol. The van der Waals surface area contributed by atoms with E-state index in [1.54, 1.807) is 30.3 Å². The molecule has 0 unspecified atom stereocenters. The van der Waals surface area contributed by atoms with Crippen LogP contribution >= 0.6 is 15.9 Å². The third kappa shape index (κ3) is 4.43. The van der Waals surface area contributed by atoms with E-state index in [0.29, 0.717) is 16.9 Å². The number of nitrogens with zero attached hydrogens (tertiary/aromatic N) is 2. The summed E-state index contributed by atoms with van der Waals surface area (Å²) in [6.45, 7) is 3.25. The Kier molecular flexibility index (Phi) is 5.72. The highest BCUT2D eigenvalue weighted by atomic mass is 79.9. The van der Waals surface area contributed by atoms with Crippen LogP contribution in [0, 0.1) is 18.3 Å². The Labute approximate surface area is 149 Å². The molecule has 2 rings (SSSR count). The van der Waals surface area contributed by atoms with Crippen LogP contribution in [0.1, 0.15) is 18.1 Å². The van der Waals surface area contributed by atoms with Gasteiger partial charge in [0.2, 0.25) is 11.8 Å². The molecular weight excluding hydrogens is 370 g/mol. The van der Waals surface area contributed by atoms with Gasteiger partial charge in [-0.3, -0.25) is 9.59 Å². The number of nitriles is 1. The number of benzene rings is 2. The first kappa shape index (κ1) is 17.7. The van der Waals surface area contributed by atoms with Crippen LogP contribution in [0.5, 0.6) is 0 Å². The Bertz CT molecular complexity index is 810. The van der Waals surface area contributed by atoms with E-state index in [4.69, 9.17) is 5.26 Å². The summed E-state index contributed by atoms with van der Waals surface area (Å²) in [5, 5.41) is 11.6. The molecule has 0 aliphatic carbocycles. The third-order valence-corrected chi connectivity index (χ3v) is 4.30. The number of carbonyl (C=O) groups is 2. The van der Waals surface area contributed by atoms with Crippen molar-refractivity contribution >= 4 is 39.1 Å². The number of amides is 2. The molecule has 0 radical (unpaired) electrons. The van der Waals surface area contributed by atoms with E-state index in [0.717, 1.165) is 10.0 Å². The van der Waals surface area contributed by atoms with Gasteiger partial charge in [0.05, 0.1) is 11.6 Å². The summed E-state index contributed by atoms with van der Waals surface area (Å²) < 4.78 is 0.899. The van der Waals surface area contributed by atoms with Gasteiger partial charge in [0.15, 0.2) is 0 Å². The van der Waals surface area contributed by atoms with Gasteiger partial charge >= 0.3 is 0 Å². The highest BCUT2D eigenvalue weighted by Gasteiger charge is 2.16. The average molecular weight is 386 g/mol. The standard InChI is InChI=1S/C18H16BrN3O2/c1-12-3-6-15(9-17(12)19)21-18(24)11-22(13(2)23)16-7-4-14(10-20)5-8-16/h3-9H,11H2,1-2H3,(H,21,24). The maximum absolute atomic E-state index is 12.2. The van der Waals surface area contributed by atoms with Gasteiger partial charge in [0.1, 0.15) is 6.54 Å². The van der Waals surface area contributed by atoms with Gasteiger partial charge in [-0.25, -0.2) is 0 Å². The first-order valence-corrected chi connectivity index (χ1v) is 8.04. The van der Waals surface area contributed by atoms with Crippen molar-refractivity contribution in [2.75, 3.05) is 16.8 Å². The molecule has 0 saturated carbocycles. The van der Waals surface area contributed by atoms with Crippen LogP contribution in [-0.2, 0) is 9.59 Å². The summed E-state index contributed by atoms with van der Waals surface area (Å²) in [5.74, 6) is -0.551. The summed E-state index contributed by atoms with van der Waals surface area (Å²) in [6.07, 6.45) is 0. The maximum atomic E-state index is 12.2. The first-order chi connectivity index (χ1) is 11.4. The first-order valence-electron chi connectivity index (χ1n) is 7.25. The summed E-state index contributed by atoms with van der Waals surface area (Å²) in [6, 6.07) is 14.0. The molecule has 24 heavy (non-hydrogen) atoms. The van der Waals surface area contributed by atoms with Gasteiger partial charge in [-0.1, -0.05) is 22.0 Å². The Morgan fingerprint density at radius 2 is 1.88 bits per heavy atom. The molecule has 0 saturated heterocycles. The van der Waals surface area contributed by atoms with E-state index in [-0.39, 0.29) is 18.4 Å².